The van der Waals surface area contributed by atoms with E-state index in [-0.39, 0.29) is 29.6 Å². The maximum atomic E-state index is 11.2. The van der Waals surface area contributed by atoms with E-state index in [2.05, 4.69) is 0 Å². The van der Waals surface area contributed by atoms with Crippen molar-refractivity contribution in [1.82, 2.24) is 0 Å². The van der Waals surface area contributed by atoms with Crippen LogP contribution in [0, 0.1) is 0 Å². The van der Waals surface area contributed by atoms with Crippen LogP contribution in [0.25, 0.3) is 0 Å². The number of hydrogen-bond acceptors (Lipinski definition) is 3. The summed E-state index contributed by atoms with van der Waals surface area (Å²) in [6.45, 7) is 0. The van der Waals surface area contributed by atoms with Gasteiger partial charge < -0.3 is 5.11 Å². The average molecular weight is 301 g/mol. The maximum absolute atomic E-state index is 11.2. The monoisotopic (exact) mass is 301 g/mol. The Labute approximate surface area is 140 Å². The molecule has 2 rings (SSSR count). The van der Waals surface area contributed by atoms with Gasteiger partial charge in [0.05, 0.1) is 5.92 Å². The van der Waals surface area contributed by atoms with Crippen LogP contribution in [0.1, 0.15) is 17.0 Å². The molecule has 6 heteroatoms. The molecule has 0 aliphatic heterocycles. The summed E-state index contributed by atoms with van der Waals surface area (Å²) in [5.41, 5.74) is -0.644. The van der Waals surface area contributed by atoms with Crippen molar-refractivity contribution in [2.75, 3.05) is 0 Å². The molecule has 0 spiro atoms. The van der Waals surface area contributed by atoms with E-state index in [1.165, 1.54) is 0 Å². The van der Waals surface area contributed by atoms with E-state index in [1.54, 1.807) is 60.7 Å². The van der Waals surface area contributed by atoms with Crippen molar-refractivity contribution in [3.63, 3.8) is 0 Å². The summed E-state index contributed by atoms with van der Waals surface area (Å²) in [5, 5.41) is 9.91. The Hall–Kier alpha value is -0.690. The van der Waals surface area contributed by atoms with E-state index in [0.29, 0.717) is 11.1 Å². The Kier molecular flexibility index (Phi) is 6.39. The number of benzene rings is 2. The molecule has 0 amide bonds. The summed E-state index contributed by atoms with van der Waals surface area (Å²) in [5.74, 6) is -0.822. The van der Waals surface area contributed by atoms with Gasteiger partial charge in [-0.3, -0.25) is 4.55 Å². The number of rotatable bonds is 4. The van der Waals surface area contributed by atoms with Crippen LogP contribution in [0.2, 0.25) is 0 Å². The Morgan fingerprint density at radius 3 is 1.45 bits per heavy atom. The first-order valence-electron chi connectivity index (χ1n) is 5.74. The van der Waals surface area contributed by atoms with Gasteiger partial charge in [0, 0.05) is 29.6 Å². The minimum absolute atomic E-state index is 0. The molecule has 1 unspecified atom stereocenters. The third kappa shape index (κ3) is 4.15. The average Bonchev–Trinajstić information content (AvgIpc) is 2.40. The minimum atomic E-state index is -4.54. The summed E-state index contributed by atoms with van der Waals surface area (Å²) in [7, 11) is -4.54. The van der Waals surface area contributed by atoms with Gasteiger partial charge >= 0.3 is 0 Å². The number of hydrogen-bond donors (Lipinski definition) is 2. The van der Waals surface area contributed by atoms with E-state index < -0.39 is 21.5 Å². The second-order valence-corrected chi connectivity index (χ2v) is 5.72. The third-order valence-corrected chi connectivity index (χ3v) is 3.79. The van der Waals surface area contributed by atoms with Crippen LogP contribution < -0.4 is 0 Å². The second kappa shape index (κ2) is 7.36. The van der Waals surface area contributed by atoms with Crippen LogP contribution in [0.5, 0.6) is 0 Å². The second-order valence-electron chi connectivity index (χ2n) is 4.20. The van der Waals surface area contributed by atoms with Gasteiger partial charge in [0.2, 0.25) is 0 Å². The fourth-order valence-corrected chi connectivity index (χ4v) is 2.67. The van der Waals surface area contributed by atoms with Crippen molar-refractivity contribution in [2.24, 2.45) is 0 Å². The fourth-order valence-electron chi connectivity index (χ4n) is 2.01. The smallest absolute Gasteiger partial charge is 0.292 e. The zero-order valence-electron chi connectivity index (χ0n) is 11.0. The van der Waals surface area contributed by atoms with E-state index in [1.807, 2.05) is 0 Å². The standard InChI is InChI=1S/C14H14O4S.Na/c15-14(19(16,17)18)13(11-7-3-1-4-8-11)12-9-5-2-6-10-12;/h1-10,13-15H,(H,16,17,18);. The summed E-state index contributed by atoms with van der Waals surface area (Å²) in [6.07, 6.45) is 0. The normalized spacial score (nSPS) is 12.8. The van der Waals surface area contributed by atoms with Gasteiger partial charge in [-0.1, -0.05) is 60.7 Å². The van der Waals surface area contributed by atoms with Crippen LogP contribution >= 0.6 is 0 Å². The Morgan fingerprint density at radius 1 is 0.800 bits per heavy atom. The van der Waals surface area contributed by atoms with Crippen molar-refractivity contribution in [2.45, 2.75) is 11.4 Å². The Morgan fingerprint density at radius 2 is 1.15 bits per heavy atom. The fraction of sp³-hybridized carbons (Fsp3) is 0.143. The first kappa shape index (κ1) is 17.4. The molecule has 0 bridgehead atoms. The summed E-state index contributed by atoms with van der Waals surface area (Å²) >= 11 is 0. The predicted octanol–water partition coefficient (Wildman–Crippen LogP) is 1.64. The molecule has 4 nitrogen and oxygen atoms in total. The molecule has 0 fully saturated rings. The van der Waals surface area contributed by atoms with Crippen LogP contribution in [0.3, 0.4) is 0 Å². The minimum Gasteiger partial charge on any atom is -0.374 e. The van der Waals surface area contributed by atoms with E-state index in [4.69, 9.17) is 4.55 Å². The van der Waals surface area contributed by atoms with Gasteiger partial charge in [-0.25, -0.2) is 0 Å². The molecule has 0 aliphatic carbocycles. The van der Waals surface area contributed by atoms with Crippen molar-refractivity contribution >= 4 is 39.7 Å². The first-order valence-corrected chi connectivity index (χ1v) is 7.25. The van der Waals surface area contributed by atoms with Gasteiger partial charge in [-0.2, -0.15) is 8.42 Å². The predicted molar refractivity (Wildman–Crippen MR) is 78.0 cm³/mol. The number of aliphatic hydroxyl groups excluding tert-OH is 1. The molecule has 1 atom stereocenters. The molecule has 2 N–H and O–H groups in total. The first-order chi connectivity index (χ1) is 9.00. The summed E-state index contributed by atoms with van der Waals surface area (Å²) < 4.78 is 31.6. The van der Waals surface area contributed by atoms with Gasteiger partial charge in [0.25, 0.3) is 10.1 Å². The van der Waals surface area contributed by atoms with Crippen molar-refractivity contribution in [3.05, 3.63) is 71.8 Å². The zero-order chi connectivity index (χ0) is 13.9. The maximum Gasteiger partial charge on any atom is 0.292 e. The van der Waals surface area contributed by atoms with Gasteiger partial charge in [-0.05, 0) is 11.1 Å². The molecule has 0 aliphatic rings. The molecule has 0 saturated heterocycles. The molecule has 0 aromatic heterocycles. The summed E-state index contributed by atoms with van der Waals surface area (Å²) in [4.78, 5) is 0. The van der Waals surface area contributed by atoms with Crippen LogP contribution in [-0.4, -0.2) is 53.1 Å². The molecule has 0 heterocycles. The molecule has 0 saturated carbocycles. The molecule has 20 heavy (non-hydrogen) atoms. The van der Waals surface area contributed by atoms with Gasteiger partial charge in [-0.15, -0.1) is 0 Å². The van der Waals surface area contributed by atoms with Crippen LogP contribution in [0.15, 0.2) is 60.7 Å². The summed E-state index contributed by atoms with van der Waals surface area (Å²) in [6, 6.07) is 17.5. The quantitative estimate of drug-likeness (QED) is 0.665. The van der Waals surface area contributed by atoms with Crippen molar-refractivity contribution < 1.29 is 18.1 Å². The Bertz CT molecular complexity index is 589. The van der Waals surface area contributed by atoms with E-state index in [0.717, 1.165) is 0 Å². The molecular formula is C14H14NaO4S. The molecular weight excluding hydrogens is 287 g/mol. The molecule has 2 aromatic rings. The molecule has 2 aromatic carbocycles. The number of aliphatic hydroxyl groups is 1. The molecule has 101 valence electrons. The largest absolute Gasteiger partial charge is 0.374 e. The Balaban J connectivity index is 0.00000200. The van der Waals surface area contributed by atoms with Crippen molar-refractivity contribution in [1.29, 1.82) is 0 Å². The van der Waals surface area contributed by atoms with Gasteiger partial charge in [0.15, 0.2) is 5.44 Å². The third-order valence-electron chi connectivity index (χ3n) is 2.91. The molecule has 1 radical (unpaired) electrons. The van der Waals surface area contributed by atoms with Crippen LogP contribution in [-0.2, 0) is 10.1 Å². The van der Waals surface area contributed by atoms with E-state index in [9.17, 15) is 13.5 Å². The van der Waals surface area contributed by atoms with Gasteiger partial charge in [0.1, 0.15) is 0 Å². The SMILES string of the molecule is O=S(=O)(O)C(O)C(c1ccccc1)c1ccccc1.[Na]. The topological polar surface area (TPSA) is 74.6 Å². The van der Waals surface area contributed by atoms with Crippen molar-refractivity contribution in [3.8, 4) is 0 Å². The zero-order valence-corrected chi connectivity index (χ0v) is 13.9. The van der Waals surface area contributed by atoms with E-state index >= 15 is 0 Å². The van der Waals surface area contributed by atoms with Crippen LogP contribution in [0.4, 0.5) is 0 Å².